The van der Waals surface area contributed by atoms with E-state index in [2.05, 4.69) is 10.1 Å². The van der Waals surface area contributed by atoms with E-state index >= 15 is 0 Å². The Morgan fingerprint density at radius 3 is 2.76 bits per heavy atom. The molecular formula is C10H5ClN4O2. The third kappa shape index (κ3) is 1.96. The minimum absolute atomic E-state index is 0.0766. The smallest absolute Gasteiger partial charge is 0.340 e. The molecule has 2 rings (SSSR count). The molecule has 0 aliphatic rings. The lowest BCUT2D eigenvalue weighted by Crippen LogP contribution is -2.04. The Hall–Kier alpha value is -2.39. The van der Waals surface area contributed by atoms with Crippen LogP contribution in [-0.4, -0.2) is 25.8 Å². The Bertz CT molecular complexity index is 612. The number of carboxylic acid groups (broad SMARTS) is 1. The number of hydrogen-bond donors (Lipinski definition) is 1. The van der Waals surface area contributed by atoms with Crippen molar-refractivity contribution >= 4 is 17.6 Å². The average Bonchev–Trinajstić information content (AvgIpc) is 2.73. The number of aromatic carboxylic acids is 1. The zero-order valence-corrected chi connectivity index (χ0v) is 9.09. The fraction of sp³-hybridized carbons (Fsp3) is 0. The van der Waals surface area contributed by atoms with Crippen LogP contribution in [0.4, 0.5) is 0 Å². The molecule has 0 fully saturated rings. The van der Waals surface area contributed by atoms with Gasteiger partial charge in [-0.1, -0.05) is 11.6 Å². The van der Waals surface area contributed by atoms with Crippen LogP contribution in [0.1, 0.15) is 16.1 Å². The molecule has 0 saturated carbocycles. The molecule has 0 spiro atoms. The second-order valence-electron chi connectivity index (χ2n) is 3.07. The van der Waals surface area contributed by atoms with Crippen molar-refractivity contribution in [2.45, 2.75) is 0 Å². The maximum absolute atomic E-state index is 10.8. The molecule has 0 atom stereocenters. The lowest BCUT2D eigenvalue weighted by atomic mass is 10.2. The second-order valence-corrected chi connectivity index (χ2v) is 3.51. The number of carboxylic acids is 1. The first-order valence-electron chi connectivity index (χ1n) is 4.47. The molecule has 84 valence electrons. The van der Waals surface area contributed by atoms with Crippen LogP contribution >= 0.6 is 11.6 Å². The van der Waals surface area contributed by atoms with Crippen LogP contribution in [0.5, 0.6) is 0 Å². The molecule has 17 heavy (non-hydrogen) atoms. The van der Waals surface area contributed by atoms with Crippen LogP contribution < -0.4 is 0 Å². The third-order valence-electron chi connectivity index (χ3n) is 2.03. The van der Waals surface area contributed by atoms with Crippen LogP contribution in [0.15, 0.2) is 24.5 Å². The SMILES string of the molecule is N#Cc1c(C(=O)O)cnn1-c1ccc(Cl)cn1. The maximum Gasteiger partial charge on any atom is 0.340 e. The van der Waals surface area contributed by atoms with Crippen molar-refractivity contribution in [1.82, 2.24) is 14.8 Å². The molecule has 0 bridgehead atoms. The van der Waals surface area contributed by atoms with E-state index in [9.17, 15) is 4.79 Å². The zero-order valence-electron chi connectivity index (χ0n) is 8.33. The number of halogens is 1. The summed E-state index contributed by atoms with van der Waals surface area (Å²) in [6, 6.07) is 4.91. The summed E-state index contributed by atoms with van der Waals surface area (Å²) in [4.78, 5) is 14.8. The predicted octanol–water partition coefficient (Wildman–Crippen LogP) is 1.49. The normalized spacial score (nSPS) is 9.88. The molecule has 0 unspecified atom stereocenters. The third-order valence-corrected chi connectivity index (χ3v) is 2.26. The van der Waals surface area contributed by atoms with E-state index in [1.165, 1.54) is 6.20 Å². The Morgan fingerprint density at radius 2 is 2.24 bits per heavy atom. The molecule has 0 saturated heterocycles. The van der Waals surface area contributed by atoms with Crippen molar-refractivity contribution in [2.75, 3.05) is 0 Å². The van der Waals surface area contributed by atoms with Crippen molar-refractivity contribution in [1.29, 1.82) is 5.26 Å². The highest BCUT2D eigenvalue weighted by molar-refractivity contribution is 6.30. The number of pyridine rings is 1. The van der Waals surface area contributed by atoms with Crippen LogP contribution in [0.3, 0.4) is 0 Å². The molecule has 0 aliphatic carbocycles. The summed E-state index contributed by atoms with van der Waals surface area (Å²) in [5.41, 5.74) is -0.239. The van der Waals surface area contributed by atoms with Crippen LogP contribution in [0.2, 0.25) is 5.02 Å². The van der Waals surface area contributed by atoms with E-state index in [0.29, 0.717) is 10.8 Å². The van der Waals surface area contributed by atoms with Crippen molar-refractivity contribution in [3.8, 4) is 11.9 Å². The molecule has 0 aromatic carbocycles. The van der Waals surface area contributed by atoms with E-state index < -0.39 is 5.97 Å². The standard InChI is InChI=1S/C10H5ClN4O2/c11-6-1-2-9(13-4-6)15-8(3-12)7(5-14-15)10(16)17/h1-2,4-5H,(H,16,17). The van der Waals surface area contributed by atoms with Gasteiger partial charge in [0, 0.05) is 6.20 Å². The molecular weight excluding hydrogens is 244 g/mol. The minimum atomic E-state index is -1.21. The first kappa shape index (κ1) is 11.1. The van der Waals surface area contributed by atoms with Gasteiger partial charge in [-0.25, -0.2) is 14.5 Å². The van der Waals surface area contributed by atoms with E-state index in [-0.39, 0.29) is 11.3 Å². The summed E-state index contributed by atoms with van der Waals surface area (Å²) < 4.78 is 1.15. The van der Waals surface area contributed by atoms with Gasteiger partial charge in [0.05, 0.1) is 11.2 Å². The van der Waals surface area contributed by atoms with Crippen LogP contribution in [0, 0.1) is 11.3 Å². The van der Waals surface area contributed by atoms with Gasteiger partial charge >= 0.3 is 5.97 Å². The van der Waals surface area contributed by atoms with Gasteiger partial charge < -0.3 is 5.11 Å². The molecule has 2 aromatic heterocycles. The van der Waals surface area contributed by atoms with Gasteiger partial charge in [0.15, 0.2) is 11.5 Å². The fourth-order valence-corrected chi connectivity index (χ4v) is 1.39. The fourth-order valence-electron chi connectivity index (χ4n) is 1.28. The molecule has 2 heterocycles. The van der Waals surface area contributed by atoms with Crippen LogP contribution in [0.25, 0.3) is 5.82 Å². The molecule has 0 aliphatic heterocycles. The summed E-state index contributed by atoms with van der Waals surface area (Å²) in [5.74, 6) is -0.875. The molecule has 0 radical (unpaired) electrons. The summed E-state index contributed by atoms with van der Waals surface area (Å²) >= 11 is 5.68. The van der Waals surface area contributed by atoms with Gasteiger partial charge in [-0.2, -0.15) is 10.4 Å². The quantitative estimate of drug-likeness (QED) is 0.869. The Kier molecular flexibility index (Phi) is 2.77. The van der Waals surface area contributed by atoms with Gasteiger partial charge in [-0.3, -0.25) is 0 Å². The first-order valence-corrected chi connectivity index (χ1v) is 4.84. The lowest BCUT2D eigenvalue weighted by Gasteiger charge is -2.01. The maximum atomic E-state index is 10.8. The highest BCUT2D eigenvalue weighted by Crippen LogP contribution is 2.14. The van der Waals surface area contributed by atoms with Gasteiger partial charge in [-0.05, 0) is 12.1 Å². The number of nitrogens with zero attached hydrogens (tertiary/aromatic N) is 4. The molecule has 2 aromatic rings. The summed E-state index contributed by atoms with van der Waals surface area (Å²) in [7, 11) is 0. The molecule has 6 nitrogen and oxygen atoms in total. The molecule has 0 amide bonds. The first-order chi connectivity index (χ1) is 8.13. The Morgan fingerprint density at radius 1 is 1.47 bits per heavy atom. The van der Waals surface area contributed by atoms with E-state index in [1.54, 1.807) is 18.2 Å². The zero-order chi connectivity index (χ0) is 12.4. The number of aromatic nitrogens is 3. The van der Waals surface area contributed by atoms with Gasteiger partial charge in [0.1, 0.15) is 11.6 Å². The van der Waals surface area contributed by atoms with Gasteiger partial charge in [0.25, 0.3) is 0 Å². The highest BCUT2D eigenvalue weighted by atomic mass is 35.5. The van der Waals surface area contributed by atoms with Crippen molar-refractivity contribution in [3.05, 3.63) is 40.8 Å². The Labute approximate surface area is 101 Å². The van der Waals surface area contributed by atoms with E-state index in [4.69, 9.17) is 22.0 Å². The van der Waals surface area contributed by atoms with E-state index in [1.807, 2.05) is 0 Å². The minimum Gasteiger partial charge on any atom is -0.478 e. The van der Waals surface area contributed by atoms with Crippen molar-refractivity contribution in [2.24, 2.45) is 0 Å². The van der Waals surface area contributed by atoms with Gasteiger partial charge in [-0.15, -0.1) is 0 Å². The number of carbonyl (C=O) groups is 1. The second kappa shape index (κ2) is 4.23. The summed E-state index contributed by atoms with van der Waals surface area (Å²) in [6.07, 6.45) is 2.50. The largest absolute Gasteiger partial charge is 0.478 e. The number of hydrogen-bond acceptors (Lipinski definition) is 4. The highest BCUT2D eigenvalue weighted by Gasteiger charge is 2.17. The van der Waals surface area contributed by atoms with Crippen molar-refractivity contribution < 1.29 is 9.90 Å². The molecule has 1 N–H and O–H groups in total. The summed E-state index contributed by atoms with van der Waals surface area (Å²) in [5, 5.41) is 22.0. The number of rotatable bonds is 2. The Balaban J connectivity index is 2.57. The lowest BCUT2D eigenvalue weighted by molar-refractivity contribution is 0.0696. The van der Waals surface area contributed by atoms with Gasteiger partial charge in [0.2, 0.25) is 0 Å². The van der Waals surface area contributed by atoms with E-state index in [0.717, 1.165) is 10.9 Å². The van der Waals surface area contributed by atoms with Crippen molar-refractivity contribution in [3.63, 3.8) is 0 Å². The monoisotopic (exact) mass is 248 g/mol. The average molecular weight is 249 g/mol. The number of nitriles is 1. The molecule has 7 heteroatoms. The van der Waals surface area contributed by atoms with Crippen LogP contribution in [-0.2, 0) is 0 Å². The topological polar surface area (TPSA) is 91.8 Å². The summed E-state index contributed by atoms with van der Waals surface area (Å²) in [6.45, 7) is 0. The predicted molar refractivity (Wildman–Crippen MR) is 58.0 cm³/mol.